The maximum absolute atomic E-state index is 10.9. The van der Waals surface area contributed by atoms with Gasteiger partial charge in [-0.15, -0.1) is 0 Å². The first-order valence-corrected chi connectivity index (χ1v) is 6.37. The van der Waals surface area contributed by atoms with Gasteiger partial charge in [0.2, 0.25) is 10.4 Å². The normalized spacial score (nSPS) is 11.2. The molecule has 0 saturated heterocycles. The number of carbonyl (C=O) groups is 1. The van der Waals surface area contributed by atoms with Gasteiger partial charge >= 0.3 is 5.97 Å². The molecule has 0 aromatic heterocycles. The van der Waals surface area contributed by atoms with Gasteiger partial charge in [0.25, 0.3) is 0 Å². The van der Waals surface area contributed by atoms with Crippen molar-refractivity contribution in [2.45, 2.75) is 6.92 Å². The first-order valence-electron chi connectivity index (χ1n) is 5.03. The van der Waals surface area contributed by atoms with Crippen molar-refractivity contribution in [1.29, 1.82) is 0 Å². The van der Waals surface area contributed by atoms with E-state index in [0.717, 1.165) is 18.1 Å². The van der Waals surface area contributed by atoms with Crippen LogP contribution in [0.1, 0.15) is 6.92 Å². The van der Waals surface area contributed by atoms with Gasteiger partial charge in [-0.3, -0.25) is 4.18 Å². The Hall–Kier alpha value is -0.960. The van der Waals surface area contributed by atoms with Gasteiger partial charge in [-0.25, -0.2) is 13.2 Å². The molecule has 0 heterocycles. The lowest BCUT2D eigenvalue weighted by Crippen LogP contribution is -2.38. The molecular weight excluding hydrogens is 262 g/mol. The Labute approximate surface area is 109 Å². The van der Waals surface area contributed by atoms with E-state index in [0.29, 0.717) is 12.2 Å². The molecule has 0 spiro atoms. The van der Waals surface area contributed by atoms with Gasteiger partial charge in [0.15, 0.2) is 0 Å². The first kappa shape index (κ1) is 19.4. The summed E-state index contributed by atoms with van der Waals surface area (Å²) in [6.07, 6.45) is 0. The standard InChI is InChI=1S/C9H18NO2.CH4O4S/c1-8(2)9(11)12-7-6-10(3,4)5;1-5-6(2,3)4/h1,6-7H2,2-5H3;1H3,(H,2,3,4)/q+1;/p-1. The fraction of sp³-hybridized carbons (Fsp3) is 0.700. The summed E-state index contributed by atoms with van der Waals surface area (Å²) in [6, 6.07) is 0. The van der Waals surface area contributed by atoms with Crippen LogP contribution in [0.2, 0.25) is 0 Å². The number of carbonyl (C=O) groups excluding carboxylic acids is 1. The van der Waals surface area contributed by atoms with Crippen LogP contribution >= 0.6 is 0 Å². The lowest BCUT2D eigenvalue weighted by atomic mass is 10.4. The molecule has 0 N–H and O–H groups in total. The van der Waals surface area contributed by atoms with E-state index in [1.54, 1.807) is 6.92 Å². The van der Waals surface area contributed by atoms with Gasteiger partial charge in [0.1, 0.15) is 13.2 Å². The second-order valence-electron chi connectivity index (χ2n) is 4.51. The van der Waals surface area contributed by atoms with Gasteiger partial charge in [-0.05, 0) is 6.92 Å². The maximum atomic E-state index is 10.9. The molecule has 0 bridgehead atoms. The number of quaternary nitrogens is 1. The van der Waals surface area contributed by atoms with Crippen molar-refractivity contribution in [1.82, 2.24) is 0 Å². The molecule has 7 nitrogen and oxygen atoms in total. The Morgan fingerprint density at radius 1 is 1.33 bits per heavy atom. The highest BCUT2D eigenvalue weighted by Gasteiger charge is 2.09. The molecule has 0 fully saturated rings. The number of esters is 1. The zero-order chi connectivity index (χ0) is 15.0. The van der Waals surface area contributed by atoms with Crippen molar-refractivity contribution < 1.29 is 31.2 Å². The molecule has 0 aliphatic carbocycles. The molecule has 0 rings (SSSR count). The Kier molecular flexibility index (Phi) is 8.83. The van der Waals surface area contributed by atoms with Crippen LogP contribution in [-0.4, -0.2) is 64.8 Å². The molecule has 108 valence electrons. The van der Waals surface area contributed by atoms with Gasteiger partial charge in [0, 0.05) is 5.57 Å². The fourth-order valence-electron chi connectivity index (χ4n) is 0.535. The first-order chi connectivity index (χ1) is 7.89. The van der Waals surface area contributed by atoms with Crippen molar-refractivity contribution in [3.8, 4) is 0 Å². The van der Waals surface area contributed by atoms with Crippen molar-refractivity contribution in [3.63, 3.8) is 0 Å². The van der Waals surface area contributed by atoms with E-state index in [2.05, 4.69) is 31.9 Å². The van der Waals surface area contributed by atoms with Crippen LogP contribution in [0, 0.1) is 0 Å². The van der Waals surface area contributed by atoms with Crippen LogP contribution in [-0.2, 0) is 24.1 Å². The van der Waals surface area contributed by atoms with E-state index >= 15 is 0 Å². The van der Waals surface area contributed by atoms with Crippen LogP contribution in [0.3, 0.4) is 0 Å². The molecule has 0 radical (unpaired) electrons. The monoisotopic (exact) mass is 283 g/mol. The third kappa shape index (κ3) is 17.4. The Morgan fingerprint density at radius 2 is 1.72 bits per heavy atom. The van der Waals surface area contributed by atoms with Crippen LogP contribution < -0.4 is 0 Å². The molecule has 0 aromatic rings. The number of likely N-dealkylation sites (N-methyl/N-ethyl adjacent to an activating group) is 1. The highest BCUT2D eigenvalue weighted by molar-refractivity contribution is 7.80. The Morgan fingerprint density at radius 3 is 1.94 bits per heavy atom. The van der Waals surface area contributed by atoms with E-state index in [1.807, 2.05) is 0 Å². The third-order valence-corrected chi connectivity index (χ3v) is 1.96. The highest BCUT2D eigenvalue weighted by Crippen LogP contribution is 1.94. The molecule has 0 aromatic carbocycles. The van der Waals surface area contributed by atoms with Crippen LogP contribution in [0.25, 0.3) is 0 Å². The summed E-state index contributed by atoms with van der Waals surface area (Å²) in [5.74, 6) is -0.302. The van der Waals surface area contributed by atoms with Gasteiger partial charge < -0.3 is 13.8 Å². The number of hydrogen-bond donors (Lipinski definition) is 0. The van der Waals surface area contributed by atoms with Crippen LogP contribution in [0.5, 0.6) is 0 Å². The lowest BCUT2D eigenvalue weighted by molar-refractivity contribution is -0.870. The number of hydrogen-bond acceptors (Lipinski definition) is 6. The van der Waals surface area contributed by atoms with E-state index in [1.165, 1.54) is 0 Å². The number of nitrogens with zero attached hydrogens (tertiary/aromatic N) is 1. The number of rotatable bonds is 5. The molecule has 0 amide bonds. The topological polar surface area (TPSA) is 92.7 Å². The predicted octanol–water partition coefficient (Wildman–Crippen LogP) is -0.0951. The third-order valence-electron chi connectivity index (χ3n) is 1.55. The van der Waals surface area contributed by atoms with Crippen LogP contribution in [0.4, 0.5) is 0 Å². The summed E-state index contributed by atoms with van der Waals surface area (Å²) in [5, 5.41) is 0. The second-order valence-corrected chi connectivity index (χ2v) is 5.65. The quantitative estimate of drug-likeness (QED) is 0.230. The number of ether oxygens (including phenoxy) is 1. The minimum atomic E-state index is -4.41. The summed E-state index contributed by atoms with van der Waals surface area (Å²) in [7, 11) is 2.55. The zero-order valence-corrected chi connectivity index (χ0v) is 12.2. The van der Waals surface area contributed by atoms with Gasteiger partial charge in [-0.1, -0.05) is 6.58 Å². The Bertz CT molecular complexity index is 368. The highest BCUT2D eigenvalue weighted by atomic mass is 32.3. The van der Waals surface area contributed by atoms with Crippen molar-refractivity contribution in [3.05, 3.63) is 12.2 Å². The summed E-state index contributed by atoms with van der Waals surface area (Å²) in [4.78, 5) is 10.9. The van der Waals surface area contributed by atoms with Gasteiger partial charge in [-0.2, -0.15) is 0 Å². The maximum Gasteiger partial charge on any atom is 0.333 e. The molecule has 0 saturated carbocycles. The van der Waals surface area contributed by atoms with E-state index in [9.17, 15) is 17.8 Å². The molecule has 0 aliphatic rings. The molecular formula is C10H21NO6S. The molecule has 0 unspecified atom stereocenters. The van der Waals surface area contributed by atoms with Crippen molar-refractivity contribution in [2.24, 2.45) is 0 Å². The van der Waals surface area contributed by atoms with Crippen molar-refractivity contribution in [2.75, 3.05) is 41.4 Å². The van der Waals surface area contributed by atoms with Crippen molar-refractivity contribution >= 4 is 16.4 Å². The predicted molar refractivity (Wildman–Crippen MR) is 65.4 cm³/mol. The average molecular weight is 283 g/mol. The summed E-state index contributed by atoms with van der Waals surface area (Å²) < 4.78 is 36.7. The summed E-state index contributed by atoms with van der Waals surface area (Å²) >= 11 is 0. The average Bonchev–Trinajstić information content (AvgIpc) is 2.15. The molecule has 0 atom stereocenters. The fourth-order valence-corrected chi connectivity index (χ4v) is 0.535. The van der Waals surface area contributed by atoms with E-state index in [-0.39, 0.29) is 5.97 Å². The minimum absolute atomic E-state index is 0.302. The summed E-state index contributed by atoms with van der Waals surface area (Å²) in [6.45, 7) is 6.41. The summed E-state index contributed by atoms with van der Waals surface area (Å²) in [5.41, 5.74) is 0.455. The largest absolute Gasteiger partial charge is 0.726 e. The Balaban J connectivity index is 0. The lowest BCUT2D eigenvalue weighted by Gasteiger charge is -2.23. The van der Waals surface area contributed by atoms with Gasteiger partial charge in [0.05, 0.1) is 28.3 Å². The molecule has 18 heavy (non-hydrogen) atoms. The SMILES string of the molecule is C=C(C)C(=O)OCC[N+](C)(C)C.COS(=O)(=O)[O-]. The smallest absolute Gasteiger partial charge is 0.333 e. The minimum Gasteiger partial charge on any atom is -0.726 e. The zero-order valence-electron chi connectivity index (χ0n) is 11.4. The van der Waals surface area contributed by atoms with E-state index in [4.69, 9.17) is 4.74 Å². The molecule has 0 aliphatic heterocycles. The van der Waals surface area contributed by atoms with Crippen LogP contribution in [0.15, 0.2) is 12.2 Å². The second kappa shape index (κ2) is 8.20. The van der Waals surface area contributed by atoms with E-state index < -0.39 is 10.4 Å². The molecule has 8 heteroatoms.